The van der Waals surface area contributed by atoms with Crippen LogP contribution in [0.5, 0.6) is 0 Å². The number of hydrogen-bond acceptors (Lipinski definition) is 2. The van der Waals surface area contributed by atoms with Crippen LogP contribution in [0.15, 0.2) is 27.8 Å². The molecule has 20 heavy (non-hydrogen) atoms. The van der Waals surface area contributed by atoms with E-state index in [1.54, 1.807) is 6.07 Å². The third-order valence-corrected chi connectivity index (χ3v) is 3.71. The molecule has 0 aliphatic carbocycles. The van der Waals surface area contributed by atoms with Crippen LogP contribution in [0.3, 0.4) is 0 Å². The molecule has 108 valence electrons. The van der Waals surface area contributed by atoms with Gasteiger partial charge in [-0.3, -0.25) is 19.8 Å². The molecular weight excluding hydrogens is 252 g/mol. The lowest BCUT2D eigenvalue weighted by molar-refractivity contribution is 0.608. The summed E-state index contributed by atoms with van der Waals surface area (Å²) in [6.45, 7) is 2.21. The van der Waals surface area contributed by atoms with Gasteiger partial charge in [0.2, 0.25) is 0 Å². The first kappa shape index (κ1) is 14.6. The van der Waals surface area contributed by atoms with Crippen LogP contribution in [0.1, 0.15) is 51.0 Å². The van der Waals surface area contributed by atoms with Gasteiger partial charge in [0.1, 0.15) is 0 Å². The van der Waals surface area contributed by atoms with Crippen LogP contribution < -0.4 is 11.1 Å². The minimum Gasteiger partial charge on any atom is -0.267 e. The van der Waals surface area contributed by atoms with Crippen molar-refractivity contribution >= 4 is 10.8 Å². The molecule has 0 aliphatic rings. The van der Waals surface area contributed by atoms with E-state index in [4.69, 9.17) is 0 Å². The van der Waals surface area contributed by atoms with Crippen molar-refractivity contribution in [2.45, 2.75) is 51.9 Å². The molecule has 0 aliphatic heterocycles. The van der Waals surface area contributed by atoms with Crippen LogP contribution in [0.2, 0.25) is 0 Å². The molecule has 1 aromatic carbocycles. The van der Waals surface area contributed by atoms with Crippen molar-refractivity contribution in [1.82, 2.24) is 10.2 Å². The molecule has 2 N–H and O–H groups in total. The van der Waals surface area contributed by atoms with Gasteiger partial charge in [0, 0.05) is 0 Å². The quantitative estimate of drug-likeness (QED) is 0.762. The van der Waals surface area contributed by atoms with E-state index >= 15 is 0 Å². The molecule has 2 rings (SSSR count). The van der Waals surface area contributed by atoms with Gasteiger partial charge in [-0.05, 0) is 24.5 Å². The number of benzene rings is 1. The lowest BCUT2D eigenvalue weighted by atomic mass is 10.0. The molecule has 2 aromatic rings. The van der Waals surface area contributed by atoms with E-state index in [1.165, 1.54) is 32.1 Å². The highest BCUT2D eigenvalue weighted by atomic mass is 16.1. The maximum Gasteiger partial charge on any atom is 0.270 e. The van der Waals surface area contributed by atoms with Crippen molar-refractivity contribution in [3.05, 3.63) is 44.5 Å². The number of unbranched alkanes of at least 4 members (excludes halogenated alkanes) is 5. The molecule has 0 atom stereocenters. The van der Waals surface area contributed by atoms with E-state index in [1.807, 2.05) is 12.1 Å². The van der Waals surface area contributed by atoms with Gasteiger partial charge in [0.05, 0.1) is 10.8 Å². The Kier molecular flexibility index (Phi) is 5.16. The fourth-order valence-electron chi connectivity index (χ4n) is 2.60. The summed E-state index contributed by atoms with van der Waals surface area (Å²) in [5.41, 5.74) is 0.538. The maximum absolute atomic E-state index is 11.9. The summed E-state index contributed by atoms with van der Waals surface area (Å²) in [6.07, 6.45) is 8.18. The third kappa shape index (κ3) is 3.38. The summed E-state index contributed by atoms with van der Waals surface area (Å²) in [4.78, 5) is 23.6. The average molecular weight is 274 g/mol. The monoisotopic (exact) mass is 274 g/mol. The Labute approximate surface area is 118 Å². The standard InChI is InChI=1S/C16H22N2O2/c1-2-3-4-5-6-7-9-12-10-8-11-13-14(12)16(20)18-17-15(13)19/h8,10-11H,2-7,9H2,1H3,(H,17,19)(H,18,20). The predicted molar refractivity (Wildman–Crippen MR) is 82.3 cm³/mol. The Balaban J connectivity index is 2.09. The molecule has 0 saturated heterocycles. The first-order valence-corrected chi connectivity index (χ1v) is 7.46. The zero-order chi connectivity index (χ0) is 14.4. The molecule has 1 aromatic heterocycles. The van der Waals surface area contributed by atoms with Crippen LogP contribution in [0.4, 0.5) is 0 Å². The molecule has 0 bridgehead atoms. The van der Waals surface area contributed by atoms with Crippen LogP contribution in [0, 0.1) is 0 Å². The summed E-state index contributed by atoms with van der Waals surface area (Å²) in [5.74, 6) is 0. The minimum absolute atomic E-state index is 0.207. The highest BCUT2D eigenvalue weighted by Crippen LogP contribution is 2.15. The molecule has 4 nitrogen and oxygen atoms in total. The Morgan fingerprint density at radius 2 is 1.60 bits per heavy atom. The molecule has 0 saturated carbocycles. The molecule has 1 heterocycles. The third-order valence-electron chi connectivity index (χ3n) is 3.71. The fraction of sp³-hybridized carbons (Fsp3) is 0.500. The summed E-state index contributed by atoms with van der Waals surface area (Å²) < 4.78 is 0. The first-order valence-electron chi connectivity index (χ1n) is 7.46. The second-order valence-corrected chi connectivity index (χ2v) is 5.27. The van der Waals surface area contributed by atoms with Gasteiger partial charge in [-0.25, -0.2) is 0 Å². The Bertz CT molecular complexity index is 670. The van der Waals surface area contributed by atoms with Gasteiger partial charge >= 0.3 is 0 Å². The van der Waals surface area contributed by atoms with Crippen LogP contribution in [0.25, 0.3) is 10.8 Å². The van der Waals surface area contributed by atoms with Crippen molar-refractivity contribution in [3.63, 3.8) is 0 Å². The van der Waals surface area contributed by atoms with Crippen molar-refractivity contribution in [1.29, 1.82) is 0 Å². The predicted octanol–water partition coefficient (Wildman–Crippen LogP) is 3.12. The number of aromatic nitrogens is 2. The number of aromatic amines is 2. The second kappa shape index (κ2) is 7.08. The zero-order valence-corrected chi connectivity index (χ0v) is 12.0. The Hall–Kier alpha value is -1.84. The summed E-state index contributed by atoms with van der Waals surface area (Å²) in [5, 5.41) is 5.81. The van der Waals surface area contributed by atoms with Crippen molar-refractivity contribution < 1.29 is 0 Å². The van der Waals surface area contributed by atoms with E-state index in [2.05, 4.69) is 17.1 Å². The summed E-state index contributed by atoms with van der Waals surface area (Å²) in [6, 6.07) is 5.50. The zero-order valence-electron chi connectivity index (χ0n) is 12.0. The average Bonchev–Trinajstić information content (AvgIpc) is 2.46. The number of rotatable bonds is 7. The Morgan fingerprint density at radius 1 is 0.900 bits per heavy atom. The summed E-state index contributed by atoms with van der Waals surface area (Å²) in [7, 11) is 0. The molecule has 0 radical (unpaired) electrons. The first-order chi connectivity index (χ1) is 9.74. The van der Waals surface area contributed by atoms with Crippen LogP contribution in [-0.4, -0.2) is 10.2 Å². The van der Waals surface area contributed by atoms with E-state index in [0.29, 0.717) is 10.8 Å². The van der Waals surface area contributed by atoms with Gasteiger partial charge in [-0.1, -0.05) is 51.2 Å². The number of fused-ring (bicyclic) bond motifs is 1. The molecule has 4 heteroatoms. The van der Waals surface area contributed by atoms with Gasteiger partial charge in [-0.2, -0.15) is 0 Å². The van der Waals surface area contributed by atoms with E-state index in [-0.39, 0.29) is 11.1 Å². The highest BCUT2D eigenvalue weighted by molar-refractivity contribution is 5.83. The number of hydrogen-bond donors (Lipinski definition) is 2. The molecular formula is C16H22N2O2. The van der Waals surface area contributed by atoms with Gasteiger partial charge < -0.3 is 0 Å². The normalized spacial score (nSPS) is 11.1. The van der Waals surface area contributed by atoms with Crippen molar-refractivity contribution in [2.75, 3.05) is 0 Å². The topological polar surface area (TPSA) is 65.7 Å². The number of nitrogens with one attached hydrogen (secondary N) is 2. The smallest absolute Gasteiger partial charge is 0.267 e. The van der Waals surface area contributed by atoms with Gasteiger partial charge in [-0.15, -0.1) is 0 Å². The van der Waals surface area contributed by atoms with Crippen molar-refractivity contribution in [3.8, 4) is 0 Å². The lowest BCUT2D eigenvalue weighted by Gasteiger charge is -2.05. The molecule has 0 unspecified atom stereocenters. The van der Waals surface area contributed by atoms with Gasteiger partial charge in [0.25, 0.3) is 11.1 Å². The van der Waals surface area contributed by atoms with E-state index in [9.17, 15) is 9.59 Å². The maximum atomic E-state index is 11.9. The number of H-pyrrole nitrogens is 2. The minimum atomic E-state index is -0.232. The Morgan fingerprint density at radius 3 is 2.40 bits per heavy atom. The lowest BCUT2D eigenvalue weighted by Crippen LogP contribution is -2.20. The molecule has 0 fully saturated rings. The SMILES string of the molecule is CCCCCCCCc1cccc2c(=O)[nH][nH]c(=O)c12. The summed E-state index contributed by atoms with van der Waals surface area (Å²) >= 11 is 0. The van der Waals surface area contributed by atoms with Gasteiger partial charge in [0.15, 0.2) is 0 Å². The van der Waals surface area contributed by atoms with Crippen molar-refractivity contribution in [2.24, 2.45) is 0 Å². The largest absolute Gasteiger partial charge is 0.270 e. The van der Waals surface area contributed by atoms with Crippen LogP contribution >= 0.6 is 0 Å². The fourth-order valence-corrected chi connectivity index (χ4v) is 2.60. The number of aryl methyl sites for hydroxylation is 1. The molecule has 0 amide bonds. The van der Waals surface area contributed by atoms with E-state index < -0.39 is 0 Å². The van der Waals surface area contributed by atoms with E-state index in [0.717, 1.165) is 18.4 Å². The molecule has 0 spiro atoms. The highest BCUT2D eigenvalue weighted by Gasteiger charge is 2.07. The van der Waals surface area contributed by atoms with Crippen LogP contribution in [-0.2, 0) is 6.42 Å². The second-order valence-electron chi connectivity index (χ2n) is 5.27.